The molecule has 176 valence electrons. The second-order valence-corrected chi connectivity index (χ2v) is 9.80. The van der Waals surface area contributed by atoms with Gasteiger partial charge in [-0.15, -0.1) is 0 Å². The summed E-state index contributed by atoms with van der Waals surface area (Å²) in [6.45, 7) is 0.220. The summed E-state index contributed by atoms with van der Waals surface area (Å²) in [4.78, 5) is 23.2. The minimum absolute atomic E-state index is 0.0596. The number of nitro benzene ring substituents is 1. The summed E-state index contributed by atoms with van der Waals surface area (Å²) in [6, 6.07) is 14.1. The molecule has 1 aliphatic rings. The summed E-state index contributed by atoms with van der Waals surface area (Å²) in [5.41, 5.74) is 2.82. The Kier molecular flexibility index (Phi) is 6.77. The highest BCUT2D eigenvalue weighted by molar-refractivity contribution is 7.89. The number of nitrogens with one attached hydrogen (secondary N) is 1. The average Bonchev–Trinajstić information content (AvgIpc) is 3.50. The summed E-state index contributed by atoms with van der Waals surface area (Å²) in [6.07, 6.45) is 2.18. The van der Waals surface area contributed by atoms with E-state index < -0.39 is 26.9 Å². The highest BCUT2D eigenvalue weighted by Crippen LogP contribution is 2.27. The Hall–Kier alpha value is -3.54. The summed E-state index contributed by atoms with van der Waals surface area (Å²) in [5, 5.41) is 15.2. The first-order valence-electron chi connectivity index (χ1n) is 10.2. The number of nitro groups is 1. The highest BCUT2D eigenvalue weighted by atomic mass is 35.5. The zero-order valence-electron chi connectivity index (χ0n) is 17.6. The van der Waals surface area contributed by atoms with Gasteiger partial charge in [-0.2, -0.15) is 9.41 Å². The van der Waals surface area contributed by atoms with E-state index in [1.807, 2.05) is 0 Å². The van der Waals surface area contributed by atoms with Gasteiger partial charge in [0.15, 0.2) is 0 Å². The SMILES string of the molecule is O=C(N/N=C\c1ccc(-c2cccc([N+](=O)[O-])c2)o1)[C@@H]1CCCN1S(=O)(=O)c1ccc(Cl)cc1. The first kappa shape index (κ1) is 23.6. The van der Waals surface area contributed by atoms with Gasteiger partial charge in [-0.25, -0.2) is 13.8 Å². The van der Waals surface area contributed by atoms with Gasteiger partial charge in [0.1, 0.15) is 17.6 Å². The lowest BCUT2D eigenvalue weighted by atomic mass is 10.1. The van der Waals surface area contributed by atoms with E-state index in [0.29, 0.717) is 34.9 Å². The number of carbonyl (C=O) groups is 1. The number of hydrogen-bond donors (Lipinski definition) is 1. The van der Waals surface area contributed by atoms with Crippen molar-refractivity contribution < 1.29 is 22.6 Å². The summed E-state index contributed by atoms with van der Waals surface area (Å²) in [7, 11) is -3.87. The van der Waals surface area contributed by atoms with Crippen molar-refractivity contribution in [3.63, 3.8) is 0 Å². The molecule has 0 spiro atoms. The summed E-state index contributed by atoms with van der Waals surface area (Å²) in [5.74, 6) is 0.142. The van der Waals surface area contributed by atoms with Crippen LogP contribution in [0.4, 0.5) is 5.69 Å². The van der Waals surface area contributed by atoms with E-state index in [1.165, 1.54) is 42.6 Å². The minimum Gasteiger partial charge on any atom is -0.455 e. The molecular formula is C22H19ClN4O6S. The second-order valence-electron chi connectivity index (χ2n) is 7.47. The minimum atomic E-state index is -3.87. The van der Waals surface area contributed by atoms with Crippen LogP contribution >= 0.6 is 11.6 Å². The number of sulfonamides is 1. The van der Waals surface area contributed by atoms with E-state index >= 15 is 0 Å². The first-order valence-corrected chi connectivity index (χ1v) is 12.0. The normalized spacial score (nSPS) is 16.7. The van der Waals surface area contributed by atoms with E-state index in [4.69, 9.17) is 16.0 Å². The predicted molar refractivity (Wildman–Crippen MR) is 125 cm³/mol. The predicted octanol–water partition coefficient (Wildman–Crippen LogP) is 3.81. The Morgan fingerprint density at radius 1 is 1.21 bits per heavy atom. The van der Waals surface area contributed by atoms with Crippen LogP contribution in [-0.4, -0.2) is 42.4 Å². The molecule has 1 fully saturated rings. The molecule has 1 N–H and O–H groups in total. The maximum absolute atomic E-state index is 13.0. The average molecular weight is 503 g/mol. The number of non-ortho nitro benzene ring substituents is 1. The van der Waals surface area contributed by atoms with Crippen molar-refractivity contribution in [1.29, 1.82) is 0 Å². The lowest BCUT2D eigenvalue weighted by Crippen LogP contribution is -2.44. The van der Waals surface area contributed by atoms with Crippen LogP contribution in [0.3, 0.4) is 0 Å². The fourth-order valence-corrected chi connectivity index (χ4v) is 5.40. The monoisotopic (exact) mass is 502 g/mol. The summed E-state index contributed by atoms with van der Waals surface area (Å²) < 4.78 is 32.7. The van der Waals surface area contributed by atoms with Crippen molar-refractivity contribution in [2.45, 2.75) is 23.8 Å². The third kappa shape index (κ3) is 5.01. The van der Waals surface area contributed by atoms with Gasteiger partial charge in [0, 0.05) is 29.3 Å². The smallest absolute Gasteiger partial charge is 0.270 e. The number of carbonyl (C=O) groups excluding carboxylic acids is 1. The van der Waals surface area contributed by atoms with Crippen molar-refractivity contribution >= 4 is 39.4 Å². The largest absolute Gasteiger partial charge is 0.455 e. The van der Waals surface area contributed by atoms with Crippen molar-refractivity contribution in [2.24, 2.45) is 5.10 Å². The molecule has 0 saturated carbocycles. The maximum Gasteiger partial charge on any atom is 0.270 e. The van der Waals surface area contributed by atoms with Gasteiger partial charge in [0.05, 0.1) is 16.0 Å². The van der Waals surface area contributed by atoms with Gasteiger partial charge in [-0.1, -0.05) is 23.7 Å². The zero-order valence-corrected chi connectivity index (χ0v) is 19.2. The number of amides is 1. The van der Waals surface area contributed by atoms with Crippen LogP contribution in [0.5, 0.6) is 0 Å². The second kappa shape index (κ2) is 9.75. The number of hydrogen-bond acceptors (Lipinski definition) is 7. The molecule has 0 unspecified atom stereocenters. The van der Waals surface area contributed by atoms with Crippen LogP contribution in [0, 0.1) is 10.1 Å². The van der Waals surface area contributed by atoms with Gasteiger partial charge >= 0.3 is 0 Å². The molecule has 2 heterocycles. The Balaban J connectivity index is 1.42. The Morgan fingerprint density at radius 2 is 1.97 bits per heavy atom. The van der Waals surface area contributed by atoms with Crippen LogP contribution < -0.4 is 5.43 Å². The molecule has 2 aromatic carbocycles. The molecule has 3 aromatic rings. The number of halogens is 1. The molecule has 34 heavy (non-hydrogen) atoms. The Bertz CT molecular complexity index is 1350. The lowest BCUT2D eigenvalue weighted by Gasteiger charge is -2.22. The highest BCUT2D eigenvalue weighted by Gasteiger charge is 2.39. The van der Waals surface area contributed by atoms with Crippen molar-refractivity contribution in [2.75, 3.05) is 6.54 Å². The van der Waals surface area contributed by atoms with E-state index in [-0.39, 0.29) is 17.1 Å². The van der Waals surface area contributed by atoms with E-state index in [2.05, 4.69) is 10.5 Å². The van der Waals surface area contributed by atoms with Gasteiger partial charge < -0.3 is 4.42 Å². The molecule has 1 aromatic heterocycles. The number of benzene rings is 2. The van der Waals surface area contributed by atoms with E-state index in [0.717, 1.165) is 4.31 Å². The Morgan fingerprint density at radius 3 is 2.71 bits per heavy atom. The molecule has 0 aliphatic carbocycles. The van der Waals surface area contributed by atoms with Crippen molar-refractivity contribution in [3.8, 4) is 11.3 Å². The van der Waals surface area contributed by atoms with Gasteiger partial charge in [0.2, 0.25) is 10.0 Å². The molecule has 1 amide bonds. The van der Waals surface area contributed by atoms with Crippen molar-refractivity contribution in [1.82, 2.24) is 9.73 Å². The van der Waals surface area contributed by atoms with Gasteiger partial charge in [-0.3, -0.25) is 14.9 Å². The van der Waals surface area contributed by atoms with Crippen LogP contribution in [0.25, 0.3) is 11.3 Å². The van der Waals surface area contributed by atoms with Crippen LogP contribution in [0.2, 0.25) is 5.02 Å². The molecule has 12 heteroatoms. The molecule has 0 radical (unpaired) electrons. The van der Waals surface area contributed by atoms with Gasteiger partial charge in [0.25, 0.3) is 11.6 Å². The lowest BCUT2D eigenvalue weighted by molar-refractivity contribution is -0.384. The number of rotatable bonds is 7. The van der Waals surface area contributed by atoms with Crippen LogP contribution in [-0.2, 0) is 14.8 Å². The molecule has 10 nitrogen and oxygen atoms in total. The fraction of sp³-hybridized carbons (Fsp3) is 0.182. The third-order valence-corrected chi connectivity index (χ3v) is 7.44. The molecule has 4 rings (SSSR count). The molecule has 1 saturated heterocycles. The molecule has 0 bridgehead atoms. The standard InChI is InChI=1S/C22H19ClN4O6S/c23-16-6-9-19(10-7-16)34(31,32)26-12-2-5-20(26)22(28)25-24-14-18-8-11-21(33-18)15-3-1-4-17(13-15)27(29)30/h1,3-4,6-11,13-14,20H,2,5,12H2,(H,25,28)/b24-14-/t20-/m0/s1. The molecule has 1 aliphatic heterocycles. The number of furan rings is 1. The quantitative estimate of drug-likeness (QED) is 0.296. The molecule has 1 atom stereocenters. The van der Waals surface area contributed by atoms with Gasteiger partial charge in [-0.05, 0) is 49.2 Å². The maximum atomic E-state index is 13.0. The molecular weight excluding hydrogens is 484 g/mol. The first-order chi connectivity index (χ1) is 16.3. The zero-order chi connectivity index (χ0) is 24.3. The Labute approximate surface area is 200 Å². The van der Waals surface area contributed by atoms with Crippen molar-refractivity contribution in [3.05, 3.63) is 81.6 Å². The van der Waals surface area contributed by atoms with E-state index in [9.17, 15) is 23.3 Å². The number of hydrazone groups is 1. The van der Waals surface area contributed by atoms with Crippen LogP contribution in [0.15, 0.2) is 75.1 Å². The van der Waals surface area contributed by atoms with E-state index in [1.54, 1.807) is 24.3 Å². The fourth-order valence-electron chi connectivity index (χ4n) is 3.62. The van der Waals surface area contributed by atoms with Crippen LogP contribution in [0.1, 0.15) is 18.6 Å². The number of nitrogens with zero attached hydrogens (tertiary/aromatic N) is 3. The third-order valence-electron chi connectivity index (χ3n) is 5.26. The summed E-state index contributed by atoms with van der Waals surface area (Å²) >= 11 is 5.84. The topological polar surface area (TPSA) is 135 Å².